The standard InChI is InChI=1S/C8H7BrO.C8H8O.Br2/c9-8(6-10)7-4-2-1-3-5-7;9-7-6-8-4-2-1-3-5-8;1-2/h1-6,8H;1-5,7H,6H2;. The molecule has 0 N–H and O–H groups in total. The largest absolute Gasteiger partial charge is 0.303 e. The Morgan fingerprint density at radius 1 is 0.857 bits per heavy atom. The van der Waals surface area contributed by atoms with Gasteiger partial charge in [0.1, 0.15) is 12.6 Å². The van der Waals surface area contributed by atoms with Crippen molar-refractivity contribution in [2.45, 2.75) is 11.2 Å². The van der Waals surface area contributed by atoms with Crippen molar-refractivity contribution >= 4 is 56.8 Å². The number of rotatable bonds is 4. The fourth-order valence-corrected chi connectivity index (χ4v) is 1.73. The van der Waals surface area contributed by atoms with Gasteiger partial charge < -0.3 is 9.59 Å². The molecule has 0 aliphatic rings. The summed E-state index contributed by atoms with van der Waals surface area (Å²) in [6.45, 7) is 0. The number of alkyl halides is 1. The van der Waals surface area contributed by atoms with E-state index in [4.69, 9.17) is 0 Å². The third kappa shape index (κ3) is 9.72. The van der Waals surface area contributed by atoms with Crippen molar-refractivity contribution in [2.24, 2.45) is 0 Å². The van der Waals surface area contributed by atoms with Gasteiger partial charge in [-0.3, -0.25) is 0 Å². The monoisotopic (exact) mass is 476 g/mol. The molecule has 21 heavy (non-hydrogen) atoms. The van der Waals surface area contributed by atoms with E-state index in [1.165, 1.54) is 0 Å². The molecule has 0 bridgehead atoms. The van der Waals surface area contributed by atoms with Crippen molar-refractivity contribution in [3.8, 4) is 0 Å². The van der Waals surface area contributed by atoms with Crippen LogP contribution in [-0.4, -0.2) is 12.6 Å². The van der Waals surface area contributed by atoms with Crippen LogP contribution in [-0.2, 0) is 16.0 Å². The second-order valence-electron chi connectivity index (χ2n) is 3.80. The lowest BCUT2D eigenvalue weighted by atomic mass is 10.2. The predicted molar refractivity (Wildman–Crippen MR) is 98.2 cm³/mol. The lowest BCUT2D eigenvalue weighted by Gasteiger charge is -1.98. The molecular weight excluding hydrogens is 464 g/mol. The molecule has 112 valence electrons. The van der Waals surface area contributed by atoms with Gasteiger partial charge in [-0.25, -0.2) is 0 Å². The first-order valence-corrected chi connectivity index (χ1v) is 10.7. The van der Waals surface area contributed by atoms with Crippen LogP contribution < -0.4 is 0 Å². The van der Waals surface area contributed by atoms with Gasteiger partial charge in [-0.05, 0) is 11.1 Å². The Balaban J connectivity index is 0.000000342. The van der Waals surface area contributed by atoms with E-state index in [0.29, 0.717) is 6.42 Å². The van der Waals surface area contributed by atoms with Crippen LogP contribution in [0.4, 0.5) is 0 Å². The maximum absolute atomic E-state index is 10.3. The van der Waals surface area contributed by atoms with E-state index in [1.807, 2.05) is 60.7 Å². The molecule has 0 spiro atoms. The number of halogens is 3. The molecule has 2 nitrogen and oxygen atoms in total. The van der Waals surface area contributed by atoms with Crippen molar-refractivity contribution in [2.75, 3.05) is 0 Å². The summed E-state index contributed by atoms with van der Waals surface area (Å²) in [4.78, 5) is 20.1. The molecule has 0 aromatic heterocycles. The van der Waals surface area contributed by atoms with Crippen molar-refractivity contribution in [3.05, 3.63) is 71.8 Å². The number of carbonyl (C=O) groups is 2. The molecule has 0 heterocycles. The molecular formula is C16H15Br3O2. The molecule has 0 saturated heterocycles. The zero-order chi connectivity index (χ0) is 15.9. The molecule has 2 aromatic rings. The highest BCUT2D eigenvalue weighted by Gasteiger charge is 2.01. The Morgan fingerprint density at radius 2 is 1.33 bits per heavy atom. The summed E-state index contributed by atoms with van der Waals surface area (Å²) in [5.74, 6) is 0. The number of aldehydes is 2. The molecule has 0 saturated carbocycles. The third-order valence-electron chi connectivity index (χ3n) is 2.40. The molecule has 0 radical (unpaired) electrons. The Kier molecular flexibility index (Phi) is 13.6. The van der Waals surface area contributed by atoms with Crippen LogP contribution in [0.15, 0.2) is 60.7 Å². The second-order valence-corrected chi connectivity index (χ2v) is 4.79. The fourth-order valence-electron chi connectivity index (χ4n) is 1.43. The molecule has 0 fully saturated rings. The number of hydrogen-bond acceptors (Lipinski definition) is 2. The van der Waals surface area contributed by atoms with E-state index in [9.17, 15) is 9.59 Å². The normalized spacial score (nSPS) is 10.0. The van der Waals surface area contributed by atoms with Crippen LogP contribution in [0.1, 0.15) is 16.0 Å². The molecule has 0 aliphatic carbocycles. The zero-order valence-corrected chi connectivity index (χ0v) is 15.9. The Morgan fingerprint density at radius 3 is 1.76 bits per heavy atom. The molecule has 1 unspecified atom stereocenters. The van der Waals surface area contributed by atoms with Crippen LogP contribution in [0.3, 0.4) is 0 Å². The Bertz CT molecular complexity index is 489. The first-order valence-electron chi connectivity index (χ1n) is 6.04. The van der Waals surface area contributed by atoms with Gasteiger partial charge in [-0.2, -0.15) is 0 Å². The van der Waals surface area contributed by atoms with Crippen molar-refractivity contribution in [1.29, 1.82) is 0 Å². The number of carbonyl (C=O) groups excluding carboxylic acids is 2. The summed E-state index contributed by atoms with van der Waals surface area (Å²) in [5, 5.41) is 0. The van der Waals surface area contributed by atoms with E-state index in [0.717, 1.165) is 23.7 Å². The molecule has 0 aliphatic heterocycles. The summed E-state index contributed by atoms with van der Waals surface area (Å²) < 4.78 is 0. The smallest absolute Gasteiger partial charge is 0.138 e. The average molecular weight is 479 g/mol. The molecule has 2 aromatic carbocycles. The SMILES string of the molecule is BrBr.O=CC(Br)c1ccccc1.O=CCc1ccccc1. The molecule has 0 amide bonds. The number of benzene rings is 2. The van der Waals surface area contributed by atoms with E-state index in [2.05, 4.69) is 44.2 Å². The first-order chi connectivity index (χ1) is 10.3. The Labute approximate surface area is 148 Å². The highest BCUT2D eigenvalue weighted by molar-refractivity contribution is 9.93. The van der Waals surface area contributed by atoms with Crippen LogP contribution in [0, 0.1) is 0 Å². The highest BCUT2D eigenvalue weighted by Crippen LogP contribution is 2.18. The van der Waals surface area contributed by atoms with E-state index < -0.39 is 0 Å². The van der Waals surface area contributed by atoms with Crippen LogP contribution in [0.5, 0.6) is 0 Å². The lowest BCUT2D eigenvalue weighted by molar-refractivity contribution is -0.108. The van der Waals surface area contributed by atoms with E-state index in [1.54, 1.807) is 0 Å². The molecule has 2 rings (SSSR count). The molecule has 1 atom stereocenters. The van der Waals surface area contributed by atoms with Gasteiger partial charge in [0.2, 0.25) is 0 Å². The van der Waals surface area contributed by atoms with Gasteiger partial charge in [0, 0.05) is 34.7 Å². The Hall–Kier alpha value is -0.780. The maximum atomic E-state index is 10.3. The first kappa shape index (κ1) is 20.2. The quantitative estimate of drug-likeness (QED) is 0.433. The van der Waals surface area contributed by atoms with Gasteiger partial charge >= 0.3 is 0 Å². The van der Waals surface area contributed by atoms with E-state index in [-0.39, 0.29) is 4.83 Å². The van der Waals surface area contributed by atoms with E-state index >= 15 is 0 Å². The van der Waals surface area contributed by atoms with Gasteiger partial charge in [-0.1, -0.05) is 76.6 Å². The minimum absolute atomic E-state index is 0.159. The second kappa shape index (κ2) is 14.2. The predicted octanol–water partition coefficient (Wildman–Crippen LogP) is 5.44. The van der Waals surface area contributed by atoms with Gasteiger partial charge in [-0.15, -0.1) is 0 Å². The topological polar surface area (TPSA) is 34.1 Å². The van der Waals surface area contributed by atoms with Crippen LogP contribution >= 0.6 is 44.2 Å². The summed E-state index contributed by atoms with van der Waals surface area (Å²) in [6.07, 6.45) is 2.31. The number of hydrogen-bond donors (Lipinski definition) is 0. The fraction of sp³-hybridized carbons (Fsp3) is 0.125. The summed E-state index contributed by atoms with van der Waals surface area (Å²) in [5.41, 5.74) is 2.07. The summed E-state index contributed by atoms with van der Waals surface area (Å²) >= 11 is 8.72. The minimum Gasteiger partial charge on any atom is -0.303 e. The average Bonchev–Trinajstić information content (AvgIpc) is 2.58. The lowest BCUT2D eigenvalue weighted by Crippen LogP contribution is -1.88. The van der Waals surface area contributed by atoms with Crippen molar-refractivity contribution < 1.29 is 9.59 Å². The van der Waals surface area contributed by atoms with Crippen LogP contribution in [0.2, 0.25) is 0 Å². The van der Waals surface area contributed by atoms with Crippen LogP contribution in [0.25, 0.3) is 0 Å². The van der Waals surface area contributed by atoms with Crippen molar-refractivity contribution in [1.82, 2.24) is 0 Å². The van der Waals surface area contributed by atoms with Crippen molar-refractivity contribution in [3.63, 3.8) is 0 Å². The maximum Gasteiger partial charge on any atom is 0.138 e. The van der Waals surface area contributed by atoms with Gasteiger partial charge in [0.25, 0.3) is 0 Å². The molecule has 5 heteroatoms. The summed E-state index contributed by atoms with van der Waals surface area (Å²) in [7, 11) is 0. The van der Waals surface area contributed by atoms with Gasteiger partial charge in [0.05, 0.1) is 4.83 Å². The third-order valence-corrected chi connectivity index (χ3v) is 3.14. The zero-order valence-electron chi connectivity index (χ0n) is 11.2. The minimum atomic E-state index is -0.159. The van der Waals surface area contributed by atoms with Gasteiger partial charge in [0.15, 0.2) is 0 Å². The summed E-state index contributed by atoms with van der Waals surface area (Å²) in [6, 6.07) is 19.2. The highest BCUT2D eigenvalue weighted by atomic mass is 80.9.